The zero-order valence-electron chi connectivity index (χ0n) is 17.7. The lowest BCUT2D eigenvalue weighted by Gasteiger charge is -2.26. The van der Waals surface area contributed by atoms with Gasteiger partial charge in [-0.1, -0.05) is 12.1 Å². The van der Waals surface area contributed by atoms with Crippen molar-refractivity contribution in [2.24, 2.45) is 0 Å². The monoisotopic (exact) mass is 431 g/mol. The van der Waals surface area contributed by atoms with Crippen LogP contribution in [0.3, 0.4) is 0 Å². The first kappa shape index (κ1) is 20.4. The molecule has 0 spiro atoms. The van der Waals surface area contributed by atoms with Crippen LogP contribution in [0.15, 0.2) is 65.8 Å². The van der Waals surface area contributed by atoms with Crippen molar-refractivity contribution in [2.75, 3.05) is 38.2 Å². The first-order valence-electron chi connectivity index (χ1n) is 10.8. The lowest BCUT2D eigenvalue weighted by atomic mass is 10.2. The number of carbonyl (C=O) groups is 1. The molecule has 1 aliphatic heterocycles. The van der Waals surface area contributed by atoms with E-state index in [-0.39, 0.29) is 18.0 Å². The topological polar surface area (TPSA) is 81.4 Å². The van der Waals surface area contributed by atoms with E-state index in [0.29, 0.717) is 16.6 Å². The minimum atomic E-state index is -0.268. The Morgan fingerprint density at radius 2 is 1.88 bits per heavy atom. The fourth-order valence-corrected chi connectivity index (χ4v) is 4.12. The number of hydrogen-bond acceptors (Lipinski definition) is 5. The Hall–Kier alpha value is -3.49. The number of morpholine rings is 1. The van der Waals surface area contributed by atoms with E-state index in [1.807, 2.05) is 24.3 Å². The molecular weight excluding hydrogens is 406 g/mol. The van der Waals surface area contributed by atoms with Gasteiger partial charge in [0, 0.05) is 49.0 Å². The SMILES string of the molecule is O=C(Cn1cnc2ccccc2c1=O)Nc1ccc2c(ccn2CCN2CCOCC2)c1. The maximum atomic E-state index is 12.6. The number of hydrogen-bond donors (Lipinski definition) is 1. The highest BCUT2D eigenvalue weighted by Gasteiger charge is 2.12. The van der Waals surface area contributed by atoms with Crippen LogP contribution in [0.5, 0.6) is 0 Å². The van der Waals surface area contributed by atoms with Crippen LogP contribution in [0.2, 0.25) is 0 Å². The van der Waals surface area contributed by atoms with Crippen molar-refractivity contribution < 1.29 is 9.53 Å². The van der Waals surface area contributed by atoms with Crippen molar-refractivity contribution in [1.29, 1.82) is 0 Å². The Labute approximate surface area is 185 Å². The summed E-state index contributed by atoms with van der Waals surface area (Å²) in [7, 11) is 0. The molecule has 1 fully saturated rings. The van der Waals surface area contributed by atoms with Gasteiger partial charge in [-0.05, 0) is 36.4 Å². The van der Waals surface area contributed by atoms with Crippen LogP contribution in [0.4, 0.5) is 5.69 Å². The van der Waals surface area contributed by atoms with Gasteiger partial charge in [-0.3, -0.25) is 19.1 Å². The molecule has 0 unspecified atom stereocenters. The fraction of sp³-hybridized carbons (Fsp3) is 0.292. The van der Waals surface area contributed by atoms with Gasteiger partial charge < -0.3 is 14.6 Å². The second kappa shape index (κ2) is 8.94. The first-order valence-corrected chi connectivity index (χ1v) is 10.8. The summed E-state index contributed by atoms with van der Waals surface area (Å²) in [6.07, 6.45) is 3.50. The van der Waals surface area contributed by atoms with Crippen LogP contribution in [0, 0.1) is 0 Å². The quantitative estimate of drug-likeness (QED) is 0.507. The molecular formula is C24H25N5O3. The minimum Gasteiger partial charge on any atom is -0.379 e. The van der Waals surface area contributed by atoms with Gasteiger partial charge in [-0.15, -0.1) is 0 Å². The minimum absolute atomic E-state index is 0.0880. The molecule has 2 aromatic carbocycles. The molecule has 1 N–H and O–H groups in total. The fourth-order valence-electron chi connectivity index (χ4n) is 4.12. The van der Waals surface area contributed by atoms with Crippen molar-refractivity contribution in [3.8, 4) is 0 Å². The molecule has 4 aromatic rings. The van der Waals surface area contributed by atoms with Crippen molar-refractivity contribution in [3.05, 3.63) is 71.4 Å². The van der Waals surface area contributed by atoms with Gasteiger partial charge in [0.1, 0.15) is 6.54 Å². The first-order chi connectivity index (χ1) is 15.7. The maximum absolute atomic E-state index is 12.6. The highest BCUT2D eigenvalue weighted by atomic mass is 16.5. The molecule has 32 heavy (non-hydrogen) atoms. The summed E-state index contributed by atoms with van der Waals surface area (Å²) in [5.41, 5.74) is 2.23. The number of aromatic nitrogens is 3. The number of rotatable bonds is 6. The van der Waals surface area contributed by atoms with Crippen LogP contribution < -0.4 is 10.9 Å². The number of carbonyl (C=O) groups excluding carboxylic acids is 1. The lowest BCUT2D eigenvalue weighted by molar-refractivity contribution is -0.116. The summed E-state index contributed by atoms with van der Waals surface area (Å²) in [4.78, 5) is 31.8. The number of anilines is 1. The number of nitrogens with one attached hydrogen (secondary N) is 1. The van der Waals surface area contributed by atoms with Crippen molar-refractivity contribution in [1.82, 2.24) is 19.0 Å². The molecule has 0 saturated carbocycles. The van der Waals surface area contributed by atoms with E-state index in [9.17, 15) is 9.59 Å². The lowest BCUT2D eigenvalue weighted by Crippen LogP contribution is -2.38. The van der Waals surface area contributed by atoms with Crippen LogP contribution in [0.25, 0.3) is 21.8 Å². The summed E-state index contributed by atoms with van der Waals surface area (Å²) in [6, 6.07) is 15.1. The van der Waals surface area contributed by atoms with E-state index in [0.717, 1.165) is 50.3 Å². The third-order valence-corrected chi connectivity index (χ3v) is 5.86. The van der Waals surface area contributed by atoms with Gasteiger partial charge in [0.2, 0.25) is 5.91 Å². The molecule has 3 heterocycles. The second-order valence-electron chi connectivity index (χ2n) is 7.98. The molecule has 164 valence electrons. The average molecular weight is 431 g/mol. The Balaban J connectivity index is 1.25. The zero-order chi connectivity index (χ0) is 21.9. The van der Waals surface area contributed by atoms with Gasteiger partial charge in [-0.25, -0.2) is 4.98 Å². The molecule has 2 aromatic heterocycles. The van der Waals surface area contributed by atoms with Crippen molar-refractivity contribution in [2.45, 2.75) is 13.1 Å². The molecule has 8 heteroatoms. The summed E-state index contributed by atoms with van der Waals surface area (Å²) < 4.78 is 8.97. The molecule has 8 nitrogen and oxygen atoms in total. The summed E-state index contributed by atoms with van der Waals surface area (Å²) in [6.45, 7) is 5.37. The molecule has 5 rings (SSSR count). The standard InChI is InChI=1S/C24H25N5O3/c30-23(16-29-17-25-21-4-2-1-3-20(21)24(29)31)26-19-5-6-22-18(15-19)7-8-28(22)10-9-27-11-13-32-14-12-27/h1-8,15,17H,9-14,16H2,(H,26,30). The third kappa shape index (κ3) is 4.28. The number of ether oxygens (including phenoxy) is 1. The number of fused-ring (bicyclic) bond motifs is 2. The number of nitrogens with zero attached hydrogens (tertiary/aromatic N) is 4. The largest absolute Gasteiger partial charge is 0.379 e. The van der Waals surface area contributed by atoms with E-state index in [1.54, 1.807) is 18.2 Å². The Morgan fingerprint density at radius 3 is 2.75 bits per heavy atom. The number of amides is 1. The van der Waals surface area contributed by atoms with E-state index < -0.39 is 0 Å². The molecule has 0 bridgehead atoms. The van der Waals surface area contributed by atoms with Gasteiger partial charge in [0.25, 0.3) is 5.56 Å². The Morgan fingerprint density at radius 1 is 1.03 bits per heavy atom. The summed E-state index contributed by atoms with van der Waals surface area (Å²) in [5, 5.41) is 4.46. The van der Waals surface area contributed by atoms with Crippen LogP contribution in [0.1, 0.15) is 0 Å². The van der Waals surface area contributed by atoms with E-state index in [4.69, 9.17) is 4.74 Å². The van der Waals surface area contributed by atoms with Crippen molar-refractivity contribution >= 4 is 33.4 Å². The summed E-state index contributed by atoms with van der Waals surface area (Å²) >= 11 is 0. The van der Waals surface area contributed by atoms with E-state index in [2.05, 4.69) is 32.0 Å². The maximum Gasteiger partial charge on any atom is 0.261 e. The van der Waals surface area contributed by atoms with Crippen LogP contribution >= 0.6 is 0 Å². The average Bonchev–Trinajstić information content (AvgIpc) is 3.22. The predicted octanol–water partition coefficient (Wildman–Crippen LogP) is 2.32. The van der Waals surface area contributed by atoms with Crippen LogP contribution in [-0.4, -0.2) is 57.8 Å². The van der Waals surface area contributed by atoms with Crippen molar-refractivity contribution in [3.63, 3.8) is 0 Å². The molecule has 0 atom stereocenters. The normalized spacial score (nSPS) is 14.8. The molecule has 0 aliphatic carbocycles. The zero-order valence-corrected chi connectivity index (χ0v) is 17.7. The highest BCUT2D eigenvalue weighted by molar-refractivity contribution is 5.94. The Bertz CT molecular complexity index is 1320. The second-order valence-corrected chi connectivity index (χ2v) is 7.98. The highest BCUT2D eigenvalue weighted by Crippen LogP contribution is 2.21. The third-order valence-electron chi connectivity index (χ3n) is 5.86. The molecule has 0 radical (unpaired) electrons. The number of para-hydroxylation sites is 1. The predicted molar refractivity (Wildman–Crippen MR) is 124 cm³/mol. The van der Waals surface area contributed by atoms with Gasteiger partial charge in [0.05, 0.1) is 30.4 Å². The number of benzene rings is 2. The van der Waals surface area contributed by atoms with E-state index in [1.165, 1.54) is 10.9 Å². The van der Waals surface area contributed by atoms with Crippen LogP contribution in [-0.2, 0) is 22.6 Å². The molecule has 1 saturated heterocycles. The van der Waals surface area contributed by atoms with E-state index >= 15 is 0 Å². The molecule has 1 aliphatic rings. The molecule has 1 amide bonds. The Kier molecular flexibility index (Phi) is 5.70. The van der Waals surface area contributed by atoms with Gasteiger partial charge >= 0.3 is 0 Å². The smallest absolute Gasteiger partial charge is 0.261 e. The summed E-state index contributed by atoms with van der Waals surface area (Å²) in [5.74, 6) is -0.268. The van der Waals surface area contributed by atoms with Gasteiger partial charge in [0.15, 0.2) is 0 Å². The van der Waals surface area contributed by atoms with Gasteiger partial charge in [-0.2, -0.15) is 0 Å².